The summed E-state index contributed by atoms with van der Waals surface area (Å²) in [6.45, 7) is 4.34. The van der Waals surface area contributed by atoms with Crippen LogP contribution in [0.4, 0.5) is 15.8 Å². The summed E-state index contributed by atoms with van der Waals surface area (Å²) in [6.07, 6.45) is 0. The molecule has 0 atom stereocenters. The molecule has 0 unspecified atom stereocenters. The SMILES string of the molecule is Cc1nn(C)c(C)c1CNc1ccc([N+](=O)[O-])c(F)c1. The highest BCUT2D eigenvalue weighted by atomic mass is 19.1. The lowest BCUT2D eigenvalue weighted by molar-refractivity contribution is -0.387. The molecule has 2 rings (SSSR count). The van der Waals surface area contributed by atoms with E-state index in [1.54, 1.807) is 4.68 Å². The second-order valence-electron chi connectivity index (χ2n) is 4.55. The maximum absolute atomic E-state index is 13.5. The first-order chi connectivity index (χ1) is 9.40. The van der Waals surface area contributed by atoms with E-state index in [4.69, 9.17) is 0 Å². The molecule has 0 aliphatic rings. The lowest BCUT2D eigenvalue weighted by Gasteiger charge is -2.07. The molecule has 0 saturated carbocycles. The molecule has 106 valence electrons. The number of nitro benzene ring substituents is 1. The Hall–Kier alpha value is -2.44. The predicted octanol–water partition coefficient (Wildman–Crippen LogP) is 2.70. The van der Waals surface area contributed by atoms with Crippen molar-refractivity contribution in [3.8, 4) is 0 Å². The van der Waals surface area contributed by atoms with Gasteiger partial charge in [0, 0.05) is 42.7 Å². The molecular formula is C13H15FN4O2. The van der Waals surface area contributed by atoms with E-state index in [2.05, 4.69) is 10.4 Å². The number of rotatable bonds is 4. The largest absolute Gasteiger partial charge is 0.381 e. The summed E-state index contributed by atoms with van der Waals surface area (Å²) in [7, 11) is 1.86. The van der Waals surface area contributed by atoms with Crippen molar-refractivity contribution in [3.63, 3.8) is 0 Å². The van der Waals surface area contributed by atoms with Gasteiger partial charge >= 0.3 is 5.69 Å². The van der Waals surface area contributed by atoms with E-state index in [-0.39, 0.29) is 0 Å². The molecule has 0 saturated heterocycles. The molecule has 1 aromatic carbocycles. The van der Waals surface area contributed by atoms with Crippen LogP contribution in [0.2, 0.25) is 0 Å². The zero-order valence-electron chi connectivity index (χ0n) is 11.5. The van der Waals surface area contributed by atoms with Crippen LogP contribution in [-0.2, 0) is 13.6 Å². The minimum Gasteiger partial charge on any atom is -0.381 e. The zero-order chi connectivity index (χ0) is 14.9. The summed E-state index contributed by atoms with van der Waals surface area (Å²) < 4.78 is 15.3. The van der Waals surface area contributed by atoms with Crippen LogP contribution >= 0.6 is 0 Å². The molecule has 0 spiro atoms. The standard InChI is InChI=1S/C13H15FN4O2/c1-8-11(9(2)17(3)16-8)7-15-10-4-5-13(18(19)20)12(14)6-10/h4-6,15H,7H2,1-3H3. The van der Waals surface area contributed by atoms with Gasteiger partial charge in [-0.05, 0) is 19.9 Å². The van der Waals surface area contributed by atoms with Gasteiger partial charge in [-0.15, -0.1) is 0 Å². The van der Waals surface area contributed by atoms with Crippen LogP contribution in [0.25, 0.3) is 0 Å². The molecule has 2 aromatic rings. The average molecular weight is 278 g/mol. The summed E-state index contributed by atoms with van der Waals surface area (Å²) in [5.41, 5.74) is 2.93. The Labute approximate surface area is 115 Å². The second-order valence-corrected chi connectivity index (χ2v) is 4.55. The highest BCUT2D eigenvalue weighted by Crippen LogP contribution is 2.22. The van der Waals surface area contributed by atoms with Crippen molar-refractivity contribution in [1.82, 2.24) is 9.78 Å². The lowest BCUT2D eigenvalue weighted by Crippen LogP contribution is -2.03. The number of hydrogen-bond donors (Lipinski definition) is 1. The average Bonchev–Trinajstić information content (AvgIpc) is 2.61. The highest BCUT2D eigenvalue weighted by molar-refractivity contribution is 5.50. The van der Waals surface area contributed by atoms with Gasteiger partial charge in [0.05, 0.1) is 10.6 Å². The van der Waals surface area contributed by atoms with Gasteiger partial charge in [-0.25, -0.2) is 0 Å². The number of hydrogen-bond acceptors (Lipinski definition) is 4. The van der Waals surface area contributed by atoms with Gasteiger partial charge in [0.2, 0.25) is 5.82 Å². The number of nitrogens with one attached hydrogen (secondary N) is 1. The summed E-state index contributed by atoms with van der Waals surface area (Å²) in [5.74, 6) is -0.848. The van der Waals surface area contributed by atoms with Crippen molar-refractivity contribution < 1.29 is 9.31 Å². The van der Waals surface area contributed by atoms with Crippen molar-refractivity contribution in [1.29, 1.82) is 0 Å². The first kappa shape index (κ1) is 14.0. The van der Waals surface area contributed by atoms with E-state index in [1.807, 2.05) is 20.9 Å². The molecule has 1 N–H and O–H groups in total. The minimum absolute atomic E-state index is 0.489. The third-order valence-corrected chi connectivity index (χ3v) is 3.27. The van der Waals surface area contributed by atoms with Gasteiger partial charge in [0.1, 0.15) is 0 Å². The van der Waals surface area contributed by atoms with Crippen LogP contribution in [0.5, 0.6) is 0 Å². The number of nitro groups is 1. The van der Waals surface area contributed by atoms with E-state index in [0.717, 1.165) is 29.1 Å². The Morgan fingerprint density at radius 2 is 2.15 bits per heavy atom. The number of nitrogens with zero attached hydrogens (tertiary/aromatic N) is 3. The normalized spacial score (nSPS) is 10.6. The quantitative estimate of drug-likeness (QED) is 0.689. The Balaban J connectivity index is 2.15. The fraction of sp³-hybridized carbons (Fsp3) is 0.308. The van der Waals surface area contributed by atoms with Crippen LogP contribution in [0.15, 0.2) is 18.2 Å². The third-order valence-electron chi connectivity index (χ3n) is 3.27. The van der Waals surface area contributed by atoms with E-state index in [1.165, 1.54) is 6.07 Å². The van der Waals surface area contributed by atoms with E-state index >= 15 is 0 Å². The van der Waals surface area contributed by atoms with Crippen LogP contribution < -0.4 is 5.32 Å². The van der Waals surface area contributed by atoms with Crippen LogP contribution in [-0.4, -0.2) is 14.7 Å². The molecule has 0 amide bonds. The van der Waals surface area contributed by atoms with Gasteiger partial charge in [-0.1, -0.05) is 0 Å². The summed E-state index contributed by atoms with van der Waals surface area (Å²) in [5, 5.41) is 17.9. The fourth-order valence-electron chi connectivity index (χ4n) is 2.03. The number of aromatic nitrogens is 2. The van der Waals surface area contributed by atoms with E-state index < -0.39 is 16.4 Å². The van der Waals surface area contributed by atoms with Crippen molar-refractivity contribution in [2.75, 3.05) is 5.32 Å². The predicted molar refractivity (Wildman–Crippen MR) is 73.1 cm³/mol. The molecule has 7 heteroatoms. The molecule has 1 aromatic heterocycles. The molecule has 6 nitrogen and oxygen atoms in total. The number of halogens is 1. The summed E-state index contributed by atoms with van der Waals surface area (Å²) >= 11 is 0. The molecule has 20 heavy (non-hydrogen) atoms. The maximum atomic E-state index is 13.5. The van der Waals surface area contributed by atoms with Gasteiger partial charge in [0.15, 0.2) is 0 Å². The van der Waals surface area contributed by atoms with Gasteiger partial charge < -0.3 is 5.32 Å². The number of aryl methyl sites for hydroxylation is 2. The number of benzene rings is 1. The third kappa shape index (κ3) is 2.61. The van der Waals surface area contributed by atoms with Crippen LogP contribution in [0, 0.1) is 29.8 Å². The molecule has 0 radical (unpaired) electrons. The Morgan fingerprint density at radius 1 is 1.45 bits per heavy atom. The first-order valence-electron chi connectivity index (χ1n) is 6.07. The monoisotopic (exact) mass is 278 g/mol. The molecular weight excluding hydrogens is 263 g/mol. The molecule has 0 bridgehead atoms. The smallest absolute Gasteiger partial charge is 0.304 e. The Bertz CT molecular complexity index is 667. The van der Waals surface area contributed by atoms with Gasteiger partial charge in [0.25, 0.3) is 0 Å². The number of anilines is 1. The van der Waals surface area contributed by atoms with Crippen LogP contribution in [0.3, 0.4) is 0 Å². The Kier molecular flexibility index (Phi) is 3.69. The van der Waals surface area contributed by atoms with Crippen molar-refractivity contribution in [3.05, 3.63) is 51.1 Å². The minimum atomic E-state index is -0.848. The van der Waals surface area contributed by atoms with Gasteiger partial charge in [-0.3, -0.25) is 14.8 Å². The first-order valence-corrected chi connectivity index (χ1v) is 6.07. The topological polar surface area (TPSA) is 73.0 Å². The van der Waals surface area contributed by atoms with E-state index in [0.29, 0.717) is 12.2 Å². The Morgan fingerprint density at radius 3 is 2.65 bits per heavy atom. The molecule has 0 fully saturated rings. The molecule has 1 heterocycles. The second kappa shape index (κ2) is 5.28. The fourth-order valence-corrected chi connectivity index (χ4v) is 2.03. The zero-order valence-corrected chi connectivity index (χ0v) is 11.5. The maximum Gasteiger partial charge on any atom is 0.304 e. The van der Waals surface area contributed by atoms with Crippen molar-refractivity contribution in [2.24, 2.45) is 7.05 Å². The van der Waals surface area contributed by atoms with Crippen LogP contribution in [0.1, 0.15) is 17.0 Å². The van der Waals surface area contributed by atoms with Crippen molar-refractivity contribution >= 4 is 11.4 Å². The molecule has 0 aliphatic heterocycles. The van der Waals surface area contributed by atoms with Gasteiger partial charge in [-0.2, -0.15) is 9.49 Å². The molecule has 0 aliphatic carbocycles. The lowest BCUT2D eigenvalue weighted by atomic mass is 10.2. The van der Waals surface area contributed by atoms with Crippen molar-refractivity contribution in [2.45, 2.75) is 20.4 Å². The van der Waals surface area contributed by atoms with E-state index in [9.17, 15) is 14.5 Å². The highest BCUT2D eigenvalue weighted by Gasteiger charge is 2.14. The summed E-state index contributed by atoms with van der Waals surface area (Å²) in [6, 6.07) is 3.77. The summed E-state index contributed by atoms with van der Waals surface area (Å²) in [4.78, 5) is 9.80.